The van der Waals surface area contributed by atoms with Gasteiger partial charge in [0.1, 0.15) is 11.9 Å². The van der Waals surface area contributed by atoms with Gasteiger partial charge in [0.15, 0.2) is 5.82 Å². The monoisotopic (exact) mass is 599 g/mol. The summed E-state index contributed by atoms with van der Waals surface area (Å²) < 4.78 is 46.9. The summed E-state index contributed by atoms with van der Waals surface area (Å²) in [5, 5.41) is 3.11. The molecule has 0 bridgehead atoms. The molecule has 1 aliphatic carbocycles. The van der Waals surface area contributed by atoms with Crippen molar-refractivity contribution in [1.82, 2.24) is 29.7 Å². The van der Waals surface area contributed by atoms with E-state index >= 15 is 0 Å². The molecular formula is C30H39F2N7O4. The van der Waals surface area contributed by atoms with Crippen molar-refractivity contribution in [1.29, 1.82) is 0 Å². The van der Waals surface area contributed by atoms with E-state index in [1.54, 1.807) is 30.3 Å². The molecule has 2 saturated heterocycles. The second kappa shape index (κ2) is 13.9. The molecule has 4 heterocycles. The molecule has 1 saturated carbocycles. The van der Waals surface area contributed by atoms with Crippen molar-refractivity contribution in [3.63, 3.8) is 0 Å². The fourth-order valence-electron chi connectivity index (χ4n) is 6.01. The van der Waals surface area contributed by atoms with Crippen molar-refractivity contribution >= 4 is 22.9 Å². The van der Waals surface area contributed by atoms with Gasteiger partial charge in [0.2, 0.25) is 17.7 Å². The van der Waals surface area contributed by atoms with Crippen LogP contribution < -0.4 is 15.0 Å². The molecule has 1 N–H and O–H groups in total. The van der Waals surface area contributed by atoms with Crippen LogP contribution in [0.4, 0.5) is 14.7 Å². The lowest BCUT2D eigenvalue weighted by atomic mass is 9.87. The third kappa shape index (κ3) is 7.22. The predicted octanol–water partition coefficient (Wildman–Crippen LogP) is 3.37. The molecule has 2 aromatic heterocycles. The van der Waals surface area contributed by atoms with Gasteiger partial charge in [-0.15, -0.1) is 0 Å². The molecule has 43 heavy (non-hydrogen) atoms. The van der Waals surface area contributed by atoms with Crippen molar-refractivity contribution in [2.45, 2.75) is 44.6 Å². The lowest BCUT2D eigenvalue weighted by Gasteiger charge is -2.30. The van der Waals surface area contributed by atoms with Crippen molar-refractivity contribution in [2.75, 3.05) is 70.6 Å². The Kier molecular flexibility index (Phi) is 9.59. The Labute approximate surface area is 249 Å². The summed E-state index contributed by atoms with van der Waals surface area (Å²) in [5.41, 5.74) is 0.997. The maximum atomic E-state index is 14.1. The first kappa shape index (κ1) is 29.6. The second-order valence-electron chi connectivity index (χ2n) is 11.2. The van der Waals surface area contributed by atoms with Gasteiger partial charge in [-0.25, -0.2) is 13.8 Å². The molecule has 0 unspecified atom stereocenters. The summed E-state index contributed by atoms with van der Waals surface area (Å²) in [6.07, 6.45) is 0.832. The van der Waals surface area contributed by atoms with E-state index in [0.717, 1.165) is 52.1 Å². The number of hydrogen-bond donors (Lipinski definition) is 1. The number of rotatable bonds is 10. The number of ether oxygens (including phenoxy) is 3. The number of anilines is 1. The molecule has 1 aromatic carbocycles. The fourth-order valence-corrected chi connectivity index (χ4v) is 6.01. The number of aromatic nitrogens is 4. The number of imidazole rings is 1. The summed E-state index contributed by atoms with van der Waals surface area (Å²) in [4.78, 5) is 30.7. The zero-order valence-corrected chi connectivity index (χ0v) is 24.3. The van der Waals surface area contributed by atoms with E-state index in [4.69, 9.17) is 19.2 Å². The third-order valence-electron chi connectivity index (χ3n) is 8.37. The van der Waals surface area contributed by atoms with E-state index in [9.17, 15) is 13.6 Å². The summed E-state index contributed by atoms with van der Waals surface area (Å²) >= 11 is 0. The standard InChI is InChI=1S/C30H39F2N7O4/c31-27(32)28-34-23-4-1-2-5-24(23)39(28)25-20-26(36-30(35-25)38-14-18-42-19-15-38)43-22-8-6-21(7-9-22)29(40)33-10-3-11-37-12-16-41-17-13-37/h1-2,4-5,20-22,27H,3,6-19H2,(H,33,40)/t21-,22-. The lowest BCUT2D eigenvalue weighted by Crippen LogP contribution is -2.39. The quantitative estimate of drug-likeness (QED) is 0.351. The van der Waals surface area contributed by atoms with Gasteiger partial charge >= 0.3 is 0 Å². The smallest absolute Gasteiger partial charge is 0.296 e. The highest BCUT2D eigenvalue weighted by Gasteiger charge is 2.29. The number of benzene rings is 1. The molecule has 13 heteroatoms. The number of hydrogen-bond acceptors (Lipinski definition) is 9. The Hall–Kier alpha value is -3.42. The maximum absolute atomic E-state index is 14.1. The molecule has 0 spiro atoms. The zero-order chi connectivity index (χ0) is 29.6. The van der Waals surface area contributed by atoms with Gasteiger partial charge in [0, 0.05) is 44.7 Å². The fraction of sp³-hybridized carbons (Fsp3) is 0.600. The van der Waals surface area contributed by atoms with Crippen molar-refractivity contribution in [3.8, 4) is 11.7 Å². The van der Waals surface area contributed by atoms with Crippen LogP contribution in [0.15, 0.2) is 30.3 Å². The molecule has 6 rings (SSSR count). The van der Waals surface area contributed by atoms with Crippen LogP contribution in [0.3, 0.4) is 0 Å². The Morgan fingerprint density at radius 2 is 1.70 bits per heavy atom. The minimum absolute atomic E-state index is 0.0426. The molecule has 2 aliphatic heterocycles. The first-order valence-electron chi connectivity index (χ1n) is 15.3. The summed E-state index contributed by atoms with van der Waals surface area (Å²) in [6.45, 7) is 7.32. The number of para-hydroxylation sites is 2. The lowest BCUT2D eigenvalue weighted by molar-refractivity contribution is -0.126. The van der Waals surface area contributed by atoms with Gasteiger partial charge in [0.05, 0.1) is 37.5 Å². The highest BCUT2D eigenvalue weighted by molar-refractivity contribution is 5.79. The highest BCUT2D eigenvalue weighted by atomic mass is 19.3. The second-order valence-corrected chi connectivity index (χ2v) is 11.2. The predicted molar refractivity (Wildman–Crippen MR) is 156 cm³/mol. The van der Waals surface area contributed by atoms with Gasteiger partial charge in [-0.2, -0.15) is 9.97 Å². The van der Waals surface area contributed by atoms with Crippen LogP contribution in [0.5, 0.6) is 5.88 Å². The van der Waals surface area contributed by atoms with Crippen LogP contribution in [-0.4, -0.2) is 102 Å². The van der Waals surface area contributed by atoms with Gasteiger partial charge in [-0.3, -0.25) is 14.3 Å². The van der Waals surface area contributed by atoms with E-state index in [-0.39, 0.29) is 29.6 Å². The van der Waals surface area contributed by atoms with Crippen LogP contribution in [0.1, 0.15) is 44.4 Å². The van der Waals surface area contributed by atoms with E-state index in [1.165, 1.54) is 4.57 Å². The summed E-state index contributed by atoms with van der Waals surface area (Å²) in [6, 6.07) is 8.62. The third-order valence-corrected chi connectivity index (χ3v) is 8.37. The normalized spacial score (nSPS) is 21.8. The number of fused-ring (bicyclic) bond motifs is 1. The van der Waals surface area contributed by atoms with E-state index in [1.807, 2.05) is 4.90 Å². The summed E-state index contributed by atoms with van der Waals surface area (Å²) in [7, 11) is 0. The molecular weight excluding hydrogens is 560 g/mol. The van der Waals surface area contributed by atoms with Crippen LogP contribution >= 0.6 is 0 Å². The number of carbonyl (C=O) groups is 1. The number of halogens is 2. The number of nitrogens with one attached hydrogen (secondary N) is 1. The van der Waals surface area contributed by atoms with Gasteiger partial charge in [-0.1, -0.05) is 12.1 Å². The number of alkyl halides is 2. The van der Waals surface area contributed by atoms with Crippen molar-refractivity contribution < 1.29 is 27.8 Å². The molecule has 11 nitrogen and oxygen atoms in total. The molecule has 0 atom stereocenters. The zero-order valence-electron chi connectivity index (χ0n) is 24.3. The Balaban J connectivity index is 1.12. The first-order chi connectivity index (χ1) is 21.0. The van der Waals surface area contributed by atoms with Crippen molar-refractivity contribution in [3.05, 3.63) is 36.2 Å². The molecule has 1 amide bonds. The molecule has 3 aromatic rings. The van der Waals surface area contributed by atoms with Crippen LogP contribution in [-0.2, 0) is 14.3 Å². The maximum Gasteiger partial charge on any atom is 0.296 e. The first-order valence-corrected chi connectivity index (χ1v) is 15.3. The van der Waals surface area contributed by atoms with Crippen LogP contribution in [0.2, 0.25) is 0 Å². The highest BCUT2D eigenvalue weighted by Crippen LogP contribution is 2.32. The number of amides is 1. The van der Waals surface area contributed by atoms with Gasteiger partial charge in [0.25, 0.3) is 6.43 Å². The minimum Gasteiger partial charge on any atom is -0.474 e. The Morgan fingerprint density at radius 1 is 0.977 bits per heavy atom. The minimum atomic E-state index is -2.79. The van der Waals surface area contributed by atoms with Gasteiger partial charge in [-0.05, 0) is 50.8 Å². The number of carbonyl (C=O) groups excluding carboxylic acids is 1. The largest absolute Gasteiger partial charge is 0.474 e. The molecule has 3 fully saturated rings. The Bertz CT molecular complexity index is 1370. The Morgan fingerprint density at radius 3 is 2.44 bits per heavy atom. The topological polar surface area (TPSA) is 107 Å². The average molecular weight is 600 g/mol. The molecule has 232 valence electrons. The van der Waals surface area contributed by atoms with E-state index < -0.39 is 6.43 Å². The molecule has 3 aliphatic rings. The summed E-state index contributed by atoms with van der Waals surface area (Å²) in [5.74, 6) is 0.681. The van der Waals surface area contributed by atoms with E-state index in [0.29, 0.717) is 68.6 Å². The van der Waals surface area contributed by atoms with Gasteiger partial charge < -0.3 is 24.4 Å². The average Bonchev–Trinajstić information content (AvgIpc) is 3.44. The van der Waals surface area contributed by atoms with E-state index in [2.05, 4.69) is 20.2 Å². The molecule has 0 radical (unpaired) electrons. The SMILES string of the molecule is O=C(NCCCN1CCOCC1)[C@H]1CC[C@H](Oc2cc(-n3c(C(F)F)nc4ccccc43)nc(N3CCOCC3)n2)CC1. The van der Waals surface area contributed by atoms with Crippen molar-refractivity contribution in [2.24, 2.45) is 5.92 Å². The van der Waals surface area contributed by atoms with Crippen LogP contribution in [0.25, 0.3) is 16.9 Å². The van der Waals surface area contributed by atoms with Crippen LogP contribution in [0, 0.1) is 5.92 Å². The number of morpholine rings is 2. The number of nitrogens with zero attached hydrogens (tertiary/aromatic N) is 6.